The third-order valence-electron chi connectivity index (χ3n) is 2.82. The number of anilines is 1. The first-order valence-corrected chi connectivity index (χ1v) is 7.99. The summed E-state index contributed by atoms with van der Waals surface area (Å²) in [6.45, 7) is 9.63. The van der Waals surface area contributed by atoms with E-state index in [0.29, 0.717) is 23.4 Å². The van der Waals surface area contributed by atoms with E-state index < -0.39 is 0 Å². The molecule has 0 unspecified atom stereocenters. The van der Waals surface area contributed by atoms with Gasteiger partial charge in [-0.3, -0.25) is 10.1 Å². The van der Waals surface area contributed by atoms with Crippen LogP contribution in [0, 0.1) is 6.92 Å². The molecule has 0 spiro atoms. The van der Waals surface area contributed by atoms with E-state index in [4.69, 9.17) is 9.05 Å². The molecule has 0 saturated carbocycles. The Kier molecular flexibility index (Phi) is 4.90. The fraction of sp³-hybridized carbons (Fsp3) is 0.571. The van der Waals surface area contributed by atoms with E-state index in [1.54, 1.807) is 13.0 Å². The summed E-state index contributed by atoms with van der Waals surface area (Å²) in [6, 6.07) is 1.67. The maximum Gasteiger partial charge on any atom is 0.239 e. The van der Waals surface area contributed by atoms with Crippen LogP contribution >= 0.6 is 11.8 Å². The van der Waals surface area contributed by atoms with Crippen LogP contribution in [0.5, 0.6) is 0 Å². The van der Waals surface area contributed by atoms with Crippen molar-refractivity contribution in [1.82, 2.24) is 15.3 Å². The third kappa shape index (κ3) is 4.33. The second-order valence-electron chi connectivity index (χ2n) is 6.04. The minimum atomic E-state index is -0.276. The number of aryl methyl sites for hydroxylation is 1. The minimum absolute atomic E-state index is 0.152. The largest absolute Gasteiger partial charge is 0.339 e. The average molecular weight is 324 g/mol. The summed E-state index contributed by atoms with van der Waals surface area (Å²) >= 11 is 1.43. The fourth-order valence-electron chi connectivity index (χ4n) is 1.54. The minimum Gasteiger partial charge on any atom is -0.339 e. The molecular formula is C14H20N4O3S. The number of nitrogens with one attached hydrogen (secondary N) is 1. The molecule has 120 valence electrons. The molecule has 2 aromatic heterocycles. The summed E-state index contributed by atoms with van der Waals surface area (Å²) < 4.78 is 10.2. The number of hydrogen-bond acceptors (Lipinski definition) is 7. The number of aromatic nitrogens is 3. The van der Waals surface area contributed by atoms with E-state index in [0.717, 1.165) is 5.69 Å². The van der Waals surface area contributed by atoms with E-state index in [1.165, 1.54) is 11.8 Å². The standard InChI is InChI=1S/C14H20N4O3S/c1-8-6-11(20-17-8)16-12(19)9(2)22-7-10-15-13(21-18-10)14(3,4)5/h6,9H,7H2,1-5H3,(H,16,19)/t9-/m0/s1. The number of amides is 1. The highest BCUT2D eigenvalue weighted by Gasteiger charge is 2.22. The van der Waals surface area contributed by atoms with Crippen LogP contribution in [0.25, 0.3) is 0 Å². The van der Waals surface area contributed by atoms with Gasteiger partial charge in [0.25, 0.3) is 0 Å². The van der Waals surface area contributed by atoms with Gasteiger partial charge in [-0.25, -0.2) is 0 Å². The van der Waals surface area contributed by atoms with Gasteiger partial charge >= 0.3 is 0 Å². The van der Waals surface area contributed by atoms with Crippen molar-refractivity contribution >= 4 is 23.6 Å². The first kappa shape index (κ1) is 16.5. The number of rotatable bonds is 5. The van der Waals surface area contributed by atoms with Crippen LogP contribution in [0.3, 0.4) is 0 Å². The Bertz CT molecular complexity index is 645. The molecule has 0 aliphatic heterocycles. The SMILES string of the molecule is Cc1cc(NC(=O)[C@H](C)SCc2noc(C(C)(C)C)n2)on1. The van der Waals surface area contributed by atoms with Crippen molar-refractivity contribution in [3.63, 3.8) is 0 Å². The Balaban J connectivity index is 1.85. The topological polar surface area (TPSA) is 94.1 Å². The molecule has 0 aliphatic rings. The summed E-state index contributed by atoms with van der Waals surface area (Å²) in [5.41, 5.74) is 0.542. The zero-order valence-corrected chi connectivity index (χ0v) is 14.2. The second-order valence-corrected chi connectivity index (χ2v) is 7.37. The molecule has 0 radical (unpaired) electrons. The predicted molar refractivity (Wildman–Crippen MR) is 83.6 cm³/mol. The van der Waals surface area contributed by atoms with E-state index >= 15 is 0 Å². The predicted octanol–water partition coefficient (Wildman–Crippen LogP) is 2.92. The lowest BCUT2D eigenvalue weighted by atomic mass is 9.97. The van der Waals surface area contributed by atoms with Crippen LogP contribution in [0.4, 0.5) is 5.88 Å². The van der Waals surface area contributed by atoms with E-state index in [9.17, 15) is 4.79 Å². The van der Waals surface area contributed by atoms with E-state index in [1.807, 2.05) is 27.7 Å². The van der Waals surface area contributed by atoms with Crippen molar-refractivity contribution in [2.24, 2.45) is 0 Å². The molecular weight excluding hydrogens is 304 g/mol. The van der Waals surface area contributed by atoms with E-state index in [2.05, 4.69) is 20.6 Å². The smallest absolute Gasteiger partial charge is 0.239 e. The normalized spacial score (nSPS) is 13.1. The first-order chi connectivity index (χ1) is 10.3. The molecule has 0 saturated heterocycles. The highest BCUT2D eigenvalue weighted by atomic mass is 32.2. The van der Waals surface area contributed by atoms with Crippen LogP contribution in [-0.2, 0) is 16.0 Å². The zero-order chi connectivity index (χ0) is 16.3. The van der Waals surface area contributed by atoms with Gasteiger partial charge in [0.15, 0.2) is 5.82 Å². The molecule has 2 heterocycles. The third-order valence-corrected chi connectivity index (χ3v) is 3.95. The molecule has 0 fully saturated rings. The Hall–Kier alpha value is -1.83. The molecule has 8 heteroatoms. The van der Waals surface area contributed by atoms with Gasteiger partial charge < -0.3 is 9.05 Å². The van der Waals surface area contributed by atoms with Gasteiger partial charge in [-0.1, -0.05) is 31.1 Å². The maximum atomic E-state index is 12.0. The van der Waals surface area contributed by atoms with Crippen molar-refractivity contribution in [3.05, 3.63) is 23.5 Å². The van der Waals surface area contributed by atoms with Gasteiger partial charge in [-0.15, -0.1) is 11.8 Å². The molecule has 1 N–H and O–H groups in total. The number of hydrogen-bond donors (Lipinski definition) is 1. The number of thioether (sulfide) groups is 1. The Morgan fingerprint density at radius 3 is 2.64 bits per heavy atom. The van der Waals surface area contributed by atoms with Crippen LogP contribution in [0.2, 0.25) is 0 Å². The molecule has 0 aromatic carbocycles. The average Bonchev–Trinajstić information content (AvgIpc) is 3.04. The first-order valence-electron chi connectivity index (χ1n) is 6.94. The summed E-state index contributed by atoms with van der Waals surface area (Å²) in [5, 5.41) is 10.1. The molecule has 2 aromatic rings. The van der Waals surface area contributed by atoms with Crippen molar-refractivity contribution in [2.75, 3.05) is 5.32 Å². The van der Waals surface area contributed by atoms with Crippen LogP contribution in [0.15, 0.2) is 15.1 Å². The van der Waals surface area contributed by atoms with Crippen molar-refractivity contribution in [1.29, 1.82) is 0 Å². The van der Waals surface area contributed by atoms with Crippen LogP contribution in [0.1, 0.15) is 45.1 Å². The molecule has 1 atom stereocenters. The van der Waals surface area contributed by atoms with Crippen LogP contribution in [-0.4, -0.2) is 26.5 Å². The van der Waals surface area contributed by atoms with Gasteiger partial charge in [0.1, 0.15) is 0 Å². The molecule has 0 aliphatic carbocycles. The van der Waals surface area contributed by atoms with Crippen molar-refractivity contribution < 1.29 is 13.8 Å². The molecule has 1 amide bonds. The van der Waals surface area contributed by atoms with Crippen LogP contribution < -0.4 is 5.32 Å². The Labute approximate surface area is 133 Å². The Morgan fingerprint density at radius 2 is 2.09 bits per heavy atom. The number of carbonyl (C=O) groups is 1. The highest BCUT2D eigenvalue weighted by molar-refractivity contribution is 7.99. The maximum absolute atomic E-state index is 12.0. The monoisotopic (exact) mass is 324 g/mol. The lowest BCUT2D eigenvalue weighted by Gasteiger charge is -2.10. The summed E-state index contributed by atoms with van der Waals surface area (Å²) in [4.78, 5) is 16.4. The highest BCUT2D eigenvalue weighted by Crippen LogP contribution is 2.22. The Morgan fingerprint density at radius 1 is 1.36 bits per heavy atom. The van der Waals surface area contributed by atoms with Gasteiger partial charge in [-0.05, 0) is 13.8 Å². The second kappa shape index (κ2) is 6.51. The zero-order valence-electron chi connectivity index (χ0n) is 13.3. The van der Waals surface area contributed by atoms with Gasteiger partial charge in [-0.2, -0.15) is 4.98 Å². The molecule has 2 rings (SSSR count). The molecule has 0 bridgehead atoms. The molecule has 22 heavy (non-hydrogen) atoms. The summed E-state index contributed by atoms with van der Waals surface area (Å²) in [6.07, 6.45) is 0. The van der Waals surface area contributed by atoms with Crippen molar-refractivity contribution in [3.8, 4) is 0 Å². The lowest BCUT2D eigenvalue weighted by Crippen LogP contribution is -2.22. The van der Waals surface area contributed by atoms with Gasteiger partial charge in [0.2, 0.25) is 17.7 Å². The lowest BCUT2D eigenvalue weighted by molar-refractivity contribution is -0.115. The summed E-state index contributed by atoms with van der Waals surface area (Å²) in [7, 11) is 0. The molecule has 7 nitrogen and oxygen atoms in total. The summed E-state index contributed by atoms with van der Waals surface area (Å²) in [5.74, 6) is 1.89. The van der Waals surface area contributed by atoms with Gasteiger partial charge in [0.05, 0.1) is 16.7 Å². The van der Waals surface area contributed by atoms with Gasteiger partial charge in [0, 0.05) is 11.5 Å². The van der Waals surface area contributed by atoms with Crippen molar-refractivity contribution in [2.45, 2.75) is 51.0 Å². The fourth-order valence-corrected chi connectivity index (χ4v) is 2.26. The van der Waals surface area contributed by atoms with E-state index in [-0.39, 0.29) is 16.6 Å². The number of carbonyl (C=O) groups excluding carboxylic acids is 1. The number of nitrogens with zero attached hydrogens (tertiary/aromatic N) is 3. The quantitative estimate of drug-likeness (QED) is 0.903.